The number of benzene rings is 2. The van der Waals surface area contributed by atoms with Crippen molar-refractivity contribution in [3.8, 4) is 22.7 Å². The number of likely N-dealkylation sites (tertiary alicyclic amines) is 1. The molecular weight excluding hydrogens is 479 g/mol. The molecule has 3 heterocycles. The minimum Gasteiger partial charge on any atom is -0.342 e. The van der Waals surface area contributed by atoms with Gasteiger partial charge in [0, 0.05) is 11.5 Å². The van der Waals surface area contributed by atoms with Gasteiger partial charge < -0.3 is 9.51 Å². The van der Waals surface area contributed by atoms with E-state index < -0.39 is 11.7 Å². The maximum absolute atomic E-state index is 13.2. The predicted molar refractivity (Wildman–Crippen MR) is 126 cm³/mol. The second-order valence-corrected chi connectivity index (χ2v) is 9.21. The Kier molecular flexibility index (Phi) is 6.37. The molecule has 0 unspecified atom stereocenters. The molecule has 35 heavy (non-hydrogen) atoms. The molecule has 5 rings (SSSR count). The average Bonchev–Trinajstić information content (AvgIpc) is 3.50. The van der Waals surface area contributed by atoms with Gasteiger partial charge in [0.15, 0.2) is 5.82 Å². The topological polar surface area (TPSA) is 70.8 Å². The van der Waals surface area contributed by atoms with Crippen LogP contribution in [0.5, 0.6) is 0 Å². The van der Waals surface area contributed by atoms with Crippen molar-refractivity contribution >= 4 is 11.6 Å². The summed E-state index contributed by atoms with van der Waals surface area (Å²) < 4.78 is 44.7. The Hall–Kier alpha value is -3.17. The van der Waals surface area contributed by atoms with E-state index in [1.807, 2.05) is 6.20 Å². The Bertz CT molecular complexity index is 1310. The second-order valence-electron chi connectivity index (χ2n) is 8.81. The van der Waals surface area contributed by atoms with Crippen molar-refractivity contribution < 1.29 is 17.7 Å². The lowest BCUT2D eigenvalue weighted by molar-refractivity contribution is -0.137. The number of aromatic nitrogens is 4. The van der Waals surface area contributed by atoms with E-state index in [9.17, 15) is 13.2 Å². The first-order valence-corrected chi connectivity index (χ1v) is 11.7. The van der Waals surface area contributed by atoms with Crippen LogP contribution in [0.15, 0.2) is 53.2 Å². The molecule has 0 saturated carbocycles. The summed E-state index contributed by atoms with van der Waals surface area (Å²) in [6.07, 6.45) is -0.821. The van der Waals surface area contributed by atoms with Crippen LogP contribution in [0, 0.1) is 6.92 Å². The van der Waals surface area contributed by atoms with Crippen molar-refractivity contribution in [2.24, 2.45) is 0 Å². The van der Waals surface area contributed by atoms with E-state index in [4.69, 9.17) is 16.1 Å². The molecule has 1 aliphatic rings. The van der Waals surface area contributed by atoms with Crippen molar-refractivity contribution in [2.75, 3.05) is 13.1 Å². The largest absolute Gasteiger partial charge is 0.417 e. The van der Waals surface area contributed by atoms with Crippen LogP contribution in [0.4, 0.5) is 13.2 Å². The Morgan fingerprint density at radius 2 is 1.80 bits per heavy atom. The highest BCUT2D eigenvalue weighted by molar-refractivity contribution is 6.31. The fourth-order valence-corrected chi connectivity index (χ4v) is 4.52. The van der Waals surface area contributed by atoms with E-state index in [0.29, 0.717) is 18.3 Å². The third-order valence-corrected chi connectivity index (χ3v) is 6.61. The third-order valence-electron chi connectivity index (χ3n) is 6.28. The molecule has 0 amide bonds. The lowest BCUT2D eigenvalue weighted by Crippen LogP contribution is -2.33. The summed E-state index contributed by atoms with van der Waals surface area (Å²) in [7, 11) is 0. The highest BCUT2D eigenvalue weighted by atomic mass is 35.5. The molecule has 0 aliphatic carbocycles. The van der Waals surface area contributed by atoms with Gasteiger partial charge in [0.05, 0.1) is 29.0 Å². The summed E-state index contributed by atoms with van der Waals surface area (Å²) in [6, 6.07) is 11.9. The number of halogens is 4. The van der Waals surface area contributed by atoms with Crippen molar-refractivity contribution in [3.63, 3.8) is 0 Å². The number of imidazole rings is 1. The zero-order valence-corrected chi connectivity index (χ0v) is 19.7. The van der Waals surface area contributed by atoms with Crippen molar-refractivity contribution in [3.05, 3.63) is 76.5 Å². The molecule has 1 fully saturated rings. The Morgan fingerprint density at radius 1 is 1.09 bits per heavy atom. The van der Waals surface area contributed by atoms with Gasteiger partial charge in [-0.1, -0.05) is 46.6 Å². The molecule has 0 bridgehead atoms. The van der Waals surface area contributed by atoms with Crippen LogP contribution in [0.2, 0.25) is 5.02 Å². The van der Waals surface area contributed by atoms with E-state index in [1.165, 1.54) is 17.7 Å². The molecule has 0 spiro atoms. The van der Waals surface area contributed by atoms with Gasteiger partial charge in [0.25, 0.3) is 5.89 Å². The van der Waals surface area contributed by atoms with Crippen LogP contribution < -0.4 is 0 Å². The number of piperidine rings is 1. The van der Waals surface area contributed by atoms with Gasteiger partial charge in [0.2, 0.25) is 0 Å². The van der Waals surface area contributed by atoms with Gasteiger partial charge in [-0.15, -0.1) is 0 Å². The standard InChI is InChI=1S/C25H23ClF3N5O/c1-15-2-4-16(5-3-15)21-13-30-23(31-21)17-8-10-34(11-9-17)14-22-32-24(35-33-22)18-6-7-20(26)19(12-18)25(27,28)29/h2-7,12-13,17H,8-11,14H2,1H3,(H,30,31). The maximum Gasteiger partial charge on any atom is 0.417 e. The number of hydrogen-bond donors (Lipinski definition) is 1. The van der Waals surface area contributed by atoms with Crippen molar-refractivity contribution in [1.82, 2.24) is 25.0 Å². The van der Waals surface area contributed by atoms with Crippen LogP contribution in [-0.4, -0.2) is 38.1 Å². The van der Waals surface area contributed by atoms with E-state index in [2.05, 4.69) is 56.2 Å². The van der Waals surface area contributed by atoms with E-state index >= 15 is 0 Å². The van der Waals surface area contributed by atoms with Crippen LogP contribution in [-0.2, 0) is 12.7 Å². The smallest absolute Gasteiger partial charge is 0.342 e. The quantitative estimate of drug-likeness (QED) is 0.338. The molecule has 0 atom stereocenters. The van der Waals surface area contributed by atoms with E-state index in [-0.39, 0.29) is 16.5 Å². The minimum absolute atomic E-state index is 0.0382. The SMILES string of the molecule is Cc1ccc(-c2cnc(C3CCN(Cc4noc(-c5ccc(Cl)c(C(F)(F)F)c5)n4)CC3)[nH]2)cc1. The molecule has 0 radical (unpaired) electrons. The summed E-state index contributed by atoms with van der Waals surface area (Å²) in [5.74, 6) is 1.80. The van der Waals surface area contributed by atoms with Gasteiger partial charge >= 0.3 is 6.18 Å². The number of rotatable bonds is 5. The van der Waals surface area contributed by atoms with Gasteiger partial charge in [-0.3, -0.25) is 4.90 Å². The minimum atomic E-state index is -4.56. The monoisotopic (exact) mass is 501 g/mol. The number of nitrogens with zero attached hydrogens (tertiary/aromatic N) is 4. The number of aryl methyl sites for hydroxylation is 1. The zero-order valence-electron chi connectivity index (χ0n) is 18.9. The van der Waals surface area contributed by atoms with Crippen LogP contribution in [0.3, 0.4) is 0 Å². The molecular formula is C25H23ClF3N5O. The van der Waals surface area contributed by atoms with Crippen molar-refractivity contribution in [1.29, 1.82) is 0 Å². The molecule has 1 N–H and O–H groups in total. The van der Waals surface area contributed by atoms with E-state index in [0.717, 1.165) is 49.1 Å². The molecule has 4 aromatic rings. The van der Waals surface area contributed by atoms with Gasteiger partial charge in [-0.25, -0.2) is 4.98 Å². The summed E-state index contributed by atoms with van der Waals surface area (Å²) in [5.41, 5.74) is 2.59. The molecule has 182 valence electrons. The summed E-state index contributed by atoms with van der Waals surface area (Å²) in [5, 5.41) is 3.59. The first kappa shape index (κ1) is 23.6. The lowest BCUT2D eigenvalue weighted by atomic mass is 9.96. The number of hydrogen-bond acceptors (Lipinski definition) is 5. The maximum atomic E-state index is 13.2. The average molecular weight is 502 g/mol. The van der Waals surface area contributed by atoms with Crippen LogP contribution >= 0.6 is 11.6 Å². The zero-order chi connectivity index (χ0) is 24.6. The fourth-order valence-electron chi connectivity index (χ4n) is 4.30. The first-order chi connectivity index (χ1) is 16.8. The molecule has 2 aromatic heterocycles. The molecule has 6 nitrogen and oxygen atoms in total. The molecule has 10 heteroatoms. The Labute approximate surface area is 205 Å². The summed E-state index contributed by atoms with van der Waals surface area (Å²) >= 11 is 5.70. The second kappa shape index (κ2) is 9.47. The third kappa shape index (κ3) is 5.26. The summed E-state index contributed by atoms with van der Waals surface area (Å²) in [4.78, 5) is 14.6. The first-order valence-electron chi connectivity index (χ1n) is 11.3. The summed E-state index contributed by atoms with van der Waals surface area (Å²) in [6.45, 7) is 4.18. The van der Waals surface area contributed by atoms with E-state index in [1.54, 1.807) is 0 Å². The van der Waals surface area contributed by atoms with Gasteiger partial charge in [-0.05, 0) is 56.6 Å². The van der Waals surface area contributed by atoms with Crippen LogP contribution in [0.25, 0.3) is 22.7 Å². The highest BCUT2D eigenvalue weighted by Gasteiger charge is 2.34. The lowest BCUT2D eigenvalue weighted by Gasteiger charge is -2.30. The Morgan fingerprint density at radius 3 is 2.51 bits per heavy atom. The number of H-pyrrole nitrogens is 1. The molecule has 2 aromatic carbocycles. The highest BCUT2D eigenvalue weighted by Crippen LogP contribution is 2.37. The predicted octanol–water partition coefficient (Wildman–Crippen LogP) is 6.49. The number of nitrogens with one attached hydrogen (secondary N) is 1. The fraction of sp³-hybridized carbons (Fsp3) is 0.320. The number of alkyl halides is 3. The number of aromatic amines is 1. The van der Waals surface area contributed by atoms with Gasteiger partial charge in [-0.2, -0.15) is 18.2 Å². The Balaban J connectivity index is 1.20. The van der Waals surface area contributed by atoms with Crippen molar-refractivity contribution in [2.45, 2.75) is 38.4 Å². The van der Waals surface area contributed by atoms with Crippen LogP contribution in [0.1, 0.15) is 41.5 Å². The molecule has 1 saturated heterocycles. The normalized spacial score (nSPS) is 15.6. The van der Waals surface area contributed by atoms with Gasteiger partial charge in [0.1, 0.15) is 5.82 Å². The molecule has 1 aliphatic heterocycles.